The molecule has 0 amide bonds. The molecule has 0 aliphatic carbocycles. The third kappa shape index (κ3) is 3.78. The molecule has 0 aliphatic heterocycles. The monoisotopic (exact) mass is 252 g/mol. The van der Waals surface area contributed by atoms with Crippen molar-refractivity contribution in [3.8, 4) is 5.75 Å². The molecular formula is C15H21ClO. The molecule has 0 aliphatic rings. The van der Waals surface area contributed by atoms with Crippen LogP contribution < -0.4 is 4.74 Å². The van der Waals surface area contributed by atoms with Crippen LogP contribution >= 0.6 is 11.6 Å². The number of hydrogen-bond acceptors (Lipinski definition) is 1. The summed E-state index contributed by atoms with van der Waals surface area (Å²) in [5.74, 6) is 2.10. The minimum atomic E-state index is 0.464. The van der Waals surface area contributed by atoms with Crippen molar-refractivity contribution in [2.24, 2.45) is 0 Å². The number of halogens is 1. The first-order chi connectivity index (χ1) is 8.10. The van der Waals surface area contributed by atoms with Crippen LogP contribution in [-0.2, 0) is 0 Å². The Kier molecular flexibility index (Phi) is 5.57. The van der Waals surface area contributed by atoms with Crippen LogP contribution in [0.1, 0.15) is 44.2 Å². The summed E-state index contributed by atoms with van der Waals surface area (Å²) in [5.41, 5.74) is 3.78. The minimum Gasteiger partial charge on any atom is -0.496 e. The second-order valence-electron chi connectivity index (χ2n) is 4.48. The number of benzene rings is 1. The molecule has 0 heterocycles. The number of methoxy groups -OCH3 is 1. The normalized spacial score (nSPS) is 12.0. The van der Waals surface area contributed by atoms with Crippen LogP contribution in [0.4, 0.5) is 0 Å². The van der Waals surface area contributed by atoms with E-state index in [0.29, 0.717) is 11.8 Å². The van der Waals surface area contributed by atoms with Gasteiger partial charge in [0.25, 0.3) is 0 Å². The Bertz CT molecular complexity index is 394. The van der Waals surface area contributed by atoms with Crippen LogP contribution in [0.5, 0.6) is 5.75 Å². The topological polar surface area (TPSA) is 9.23 Å². The van der Waals surface area contributed by atoms with Crippen LogP contribution in [0.25, 0.3) is 5.57 Å². The molecule has 1 rings (SSSR count). The van der Waals surface area contributed by atoms with Gasteiger partial charge in [0.2, 0.25) is 0 Å². The molecule has 1 aromatic rings. The van der Waals surface area contributed by atoms with E-state index in [1.54, 1.807) is 7.11 Å². The molecule has 17 heavy (non-hydrogen) atoms. The predicted molar refractivity (Wildman–Crippen MR) is 76.1 cm³/mol. The second kappa shape index (κ2) is 6.70. The Labute approximate surface area is 109 Å². The Balaban J connectivity index is 3.07. The largest absolute Gasteiger partial charge is 0.496 e. The van der Waals surface area contributed by atoms with Gasteiger partial charge in [-0.2, -0.15) is 0 Å². The molecule has 0 bridgehead atoms. The lowest BCUT2D eigenvalue weighted by atomic mass is 9.96. The van der Waals surface area contributed by atoms with Gasteiger partial charge in [0.15, 0.2) is 0 Å². The van der Waals surface area contributed by atoms with Gasteiger partial charge in [-0.3, -0.25) is 0 Å². The molecule has 0 aromatic heterocycles. The van der Waals surface area contributed by atoms with E-state index in [1.807, 2.05) is 6.07 Å². The number of rotatable bonds is 5. The highest BCUT2D eigenvalue weighted by molar-refractivity contribution is 6.17. The lowest BCUT2D eigenvalue weighted by molar-refractivity contribution is 0.407. The highest BCUT2D eigenvalue weighted by atomic mass is 35.5. The van der Waals surface area contributed by atoms with Gasteiger partial charge >= 0.3 is 0 Å². The Morgan fingerprint density at radius 2 is 2.12 bits per heavy atom. The zero-order chi connectivity index (χ0) is 12.8. The number of hydrogen-bond donors (Lipinski definition) is 0. The summed E-state index contributed by atoms with van der Waals surface area (Å²) in [6.45, 7) is 6.48. The summed E-state index contributed by atoms with van der Waals surface area (Å²) in [4.78, 5) is 0. The quantitative estimate of drug-likeness (QED) is 0.681. The van der Waals surface area contributed by atoms with Gasteiger partial charge in [-0.15, -0.1) is 11.6 Å². The van der Waals surface area contributed by atoms with Crippen LogP contribution in [-0.4, -0.2) is 13.0 Å². The molecule has 0 unspecified atom stereocenters. The maximum atomic E-state index is 5.70. The van der Waals surface area contributed by atoms with E-state index in [1.165, 1.54) is 16.7 Å². The molecule has 1 nitrogen and oxygen atoms in total. The van der Waals surface area contributed by atoms with E-state index >= 15 is 0 Å². The second-order valence-corrected chi connectivity index (χ2v) is 4.85. The maximum Gasteiger partial charge on any atom is 0.122 e. The molecule has 0 N–H and O–H groups in total. The Morgan fingerprint density at radius 3 is 2.65 bits per heavy atom. The highest BCUT2D eigenvalue weighted by Crippen LogP contribution is 2.29. The van der Waals surface area contributed by atoms with Gasteiger partial charge in [0.05, 0.1) is 7.11 Å². The van der Waals surface area contributed by atoms with Crippen molar-refractivity contribution in [1.82, 2.24) is 0 Å². The lowest BCUT2D eigenvalue weighted by Crippen LogP contribution is -1.95. The summed E-state index contributed by atoms with van der Waals surface area (Å²) in [5, 5.41) is 0. The zero-order valence-electron chi connectivity index (χ0n) is 11.1. The van der Waals surface area contributed by atoms with Crippen molar-refractivity contribution in [3.63, 3.8) is 0 Å². The molecule has 2 heteroatoms. The van der Waals surface area contributed by atoms with Gasteiger partial charge in [0, 0.05) is 5.88 Å². The average Bonchev–Trinajstić information content (AvgIpc) is 2.34. The fourth-order valence-electron chi connectivity index (χ4n) is 1.82. The highest BCUT2D eigenvalue weighted by Gasteiger charge is 2.08. The van der Waals surface area contributed by atoms with E-state index in [9.17, 15) is 0 Å². The van der Waals surface area contributed by atoms with Crippen molar-refractivity contribution in [3.05, 3.63) is 35.4 Å². The van der Waals surface area contributed by atoms with Crippen LogP contribution in [0.2, 0.25) is 0 Å². The van der Waals surface area contributed by atoms with E-state index in [4.69, 9.17) is 16.3 Å². The van der Waals surface area contributed by atoms with Crippen LogP contribution in [0.3, 0.4) is 0 Å². The average molecular weight is 253 g/mol. The Hall–Kier alpha value is -0.950. The number of allylic oxidation sites excluding steroid dienone is 2. The Morgan fingerprint density at radius 1 is 1.41 bits per heavy atom. The van der Waals surface area contributed by atoms with Gasteiger partial charge in [0.1, 0.15) is 5.75 Å². The maximum absolute atomic E-state index is 5.70. The predicted octanol–water partition coefficient (Wildman–Crippen LogP) is 4.85. The van der Waals surface area contributed by atoms with Gasteiger partial charge < -0.3 is 4.74 Å². The first kappa shape index (κ1) is 14.1. The van der Waals surface area contributed by atoms with E-state index < -0.39 is 0 Å². The molecule has 94 valence electrons. The van der Waals surface area contributed by atoms with Crippen LogP contribution in [0, 0.1) is 0 Å². The third-order valence-corrected chi connectivity index (χ3v) is 3.08. The fourth-order valence-corrected chi connectivity index (χ4v) is 1.93. The molecule has 0 saturated heterocycles. The molecule has 1 aromatic carbocycles. The summed E-state index contributed by atoms with van der Waals surface area (Å²) in [6.07, 6.45) is 3.09. The smallest absolute Gasteiger partial charge is 0.122 e. The first-order valence-corrected chi connectivity index (χ1v) is 6.54. The summed E-state index contributed by atoms with van der Waals surface area (Å²) in [7, 11) is 1.72. The molecule has 0 fully saturated rings. The fraction of sp³-hybridized carbons (Fsp3) is 0.467. The molecule has 0 spiro atoms. The molecule has 0 saturated carbocycles. The number of alkyl halides is 1. The van der Waals surface area contributed by atoms with Crippen molar-refractivity contribution >= 4 is 17.2 Å². The first-order valence-electron chi connectivity index (χ1n) is 6.01. The summed E-state index contributed by atoms with van der Waals surface area (Å²) in [6, 6.07) is 6.36. The third-order valence-electron chi connectivity index (χ3n) is 2.87. The van der Waals surface area contributed by atoms with Crippen LogP contribution in [0.15, 0.2) is 24.3 Å². The molecule has 0 atom stereocenters. The van der Waals surface area contributed by atoms with Gasteiger partial charge in [-0.25, -0.2) is 0 Å². The SMILES string of the molecule is COc1ccc(/C(C)=C/CCCl)cc1C(C)C. The number of ether oxygens (including phenoxy) is 1. The molecule has 0 radical (unpaired) electrons. The standard InChI is InChI=1S/C15H21ClO/c1-11(2)14-10-13(7-8-15(14)17-4)12(3)6-5-9-16/h6-8,10-11H,5,9H2,1-4H3/b12-6+. The lowest BCUT2D eigenvalue weighted by Gasteiger charge is -2.14. The van der Waals surface area contributed by atoms with E-state index in [0.717, 1.165) is 12.2 Å². The van der Waals surface area contributed by atoms with Gasteiger partial charge in [-0.05, 0) is 48.1 Å². The molecular weight excluding hydrogens is 232 g/mol. The van der Waals surface area contributed by atoms with Gasteiger partial charge in [-0.1, -0.05) is 26.0 Å². The minimum absolute atomic E-state index is 0.464. The summed E-state index contributed by atoms with van der Waals surface area (Å²) < 4.78 is 5.38. The van der Waals surface area contributed by atoms with E-state index in [-0.39, 0.29) is 0 Å². The van der Waals surface area contributed by atoms with Crippen molar-refractivity contribution < 1.29 is 4.74 Å². The summed E-state index contributed by atoms with van der Waals surface area (Å²) >= 11 is 5.70. The van der Waals surface area contributed by atoms with E-state index in [2.05, 4.69) is 39.0 Å². The van der Waals surface area contributed by atoms with Crippen molar-refractivity contribution in [2.45, 2.75) is 33.1 Å². The van der Waals surface area contributed by atoms with Crippen molar-refractivity contribution in [2.75, 3.05) is 13.0 Å². The van der Waals surface area contributed by atoms with Crippen molar-refractivity contribution in [1.29, 1.82) is 0 Å². The zero-order valence-corrected chi connectivity index (χ0v) is 11.8.